The SMILES string of the molecule is COc1ccc2c(c1)C(C(=O)NCc1nc(C)cc(C(F)(F)F)n1)CC(=O)N2. The summed E-state index contributed by atoms with van der Waals surface area (Å²) in [7, 11) is 1.48. The first-order valence-electron chi connectivity index (χ1n) is 8.34. The number of carbonyl (C=O) groups is 2. The van der Waals surface area contributed by atoms with E-state index in [1.165, 1.54) is 14.0 Å². The number of methoxy groups -OCH3 is 1. The molecule has 0 bridgehead atoms. The molecule has 0 saturated heterocycles. The minimum absolute atomic E-state index is 0.0888. The second kappa shape index (κ2) is 7.45. The summed E-state index contributed by atoms with van der Waals surface area (Å²) in [5.74, 6) is -1.28. The van der Waals surface area contributed by atoms with Crippen LogP contribution in [0, 0.1) is 6.92 Å². The van der Waals surface area contributed by atoms with Crippen molar-refractivity contribution in [2.45, 2.75) is 32.0 Å². The zero-order valence-electron chi connectivity index (χ0n) is 15.1. The normalized spacial score (nSPS) is 16.2. The Balaban J connectivity index is 1.79. The second-order valence-electron chi connectivity index (χ2n) is 6.28. The monoisotopic (exact) mass is 394 g/mol. The summed E-state index contributed by atoms with van der Waals surface area (Å²) in [5.41, 5.74) is 0.121. The third-order valence-corrected chi connectivity index (χ3v) is 4.23. The van der Waals surface area contributed by atoms with Crippen molar-refractivity contribution in [1.29, 1.82) is 0 Å². The number of ether oxygens (including phenoxy) is 1. The predicted molar refractivity (Wildman–Crippen MR) is 92.6 cm³/mol. The smallest absolute Gasteiger partial charge is 0.433 e. The number of hydrogen-bond acceptors (Lipinski definition) is 5. The van der Waals surface area contributed by atoms with Crippen molar-refractivity contribution >= 4 is 17.5 Å². The molecule has 1 aromatic heterocycles. The van der Waals surface area contributed by atoms with Gasteiger partial charge in [0.1, 0.15) is 17.3 Å². The number of hydrogen-bond donors (Lipinski definition) is 2. The average Bonchev–Trinajstić information content (AvgIpc) is 2.64. The standard InChI is InChI=1S/C18H17F3N4O3/c1-9-5-14(18(19,20)21)25-15(23-9)8-22-17(27)12-7-16(26)24-13-4-3-10(28-2)6-11(12)13/h3-6,12H,7-8H2,1-2H3,(H,22,27)(H,24,26). The van der Waals surface area contributed by atoms with Gasteiger partial charge in [-0.2, -0.15) is 13.2 Å². The molecule has 148 valence electrons. The molecule has 3 rings (SSSR count). The lowest BCUT2D eigenvalue weighted by atomic mass is 9.89. The molecule has 0 spiro atoms. The first-order valence-corrected chi connectivity index (χ1v) is 8.34. The topological polar surface area (TPSA) is 93.2 Å². The molecule has 0 aliphatic carbocycles. The van der Waals surface area contributed by atoms with E-state index in [4.69, 9.17) is 4.74 Å². The highest BCUT2D eigenvalue weighted by Gasteiger charge is 2.34. The largest absolute Gasteiger partial charge is 0.497 e. The fraction of sp³-hybridized carbons (Fsp3) is 0.333. The van der Waals surface area contributed by atoms with Gasteiger partial charge in [-0.3, -0.25) is 9.59 Å². The molecule has 1 unspecified atom stereocenters. The fourth-order valence-electron chi connectivity index (χ4n) is 2.94. The van der Waals surface area contributed by atoms with Crippen LogP contribution in [0.4, 0.5) is 18.9 Å². The van der Waals surface area contributed by atoms with E-state index in [0.717, 1.165) is 6.07 Å². The van der Waals surface area contributed by atoms with E-state index >= 15 is 0 Å². The number of aromatic nitrogens is 2. The van der Waals surface area contributed by atoms with Gasteiger partial charge in [0, 0.05) is 17.8 Å². The molecule has 10 heteroatoms. The summed E-state index contributed by atoms with van der Waals surface area (Å²) in [4.78, 5) is 31.9. The molecule has 0 fully saturated rings. The van der Waals surface area contributed by atoms with Gasteiger partial charge in [-0.05, 0) is 36.8 Å². The molecule has 7 nitrogen and oxygen atoms in total. The highest BCUT2D eigenvalue weighted by molar-refractivity contribution is 6.01. The molecule has 0 radical (unpaired) electrons. The summed E-state index contributed by atoms with van der Waals surface area (Å²) in [6.07, 6.45) is -4.70. The molecule has 28 heavy (non-hydrogen) atoms. The number of anilines is 1. The first-order chi connectivity index (χ1) is 13.2. The van der Waals surface area contributed by atoms with E-state index in [0.29, 0.717) is 17.0 Å². The van der Waals surface area contributed by atoms with Crippen LogP contribution in [-0.4, -0.2) is 28.9 Å². The number of carbonyl (C=O) groups excluding carboxylic acids is 2. The Kier molecular flexibility index (Phi) is 5.21. The lowest BCUT2D eigenvalue weighted by molar-refractivity contribution is -0.141. The zero-order chi connectivity index (χ0) is 20.5. The Labute approximate surface area is 158 Å². The number of halogens is 3. The van der Waals surface area contributed by atoms with E-state index in [-0.39, 0.29) is 30.4 Å². The minimum Gasteiger partial charge on any atom is -0.497 e. The number of amides is 2. The summed E-state index contributed by atoms with van der Waals surface area (Å²) >= 11 is 0. The van der Waals surface area contributed by atoms with Gasteiger partial charge in [-0.25, -0.2) is 9.97 Å². The summed E-state index contributed by atoms with van der Waals surface area (Å²) in [6, 6.07) is 5.76. The molecule has 1 aromatic carbocycles. The molecule has 2 amide bonds. The number of rotatable bonds is 4. The van der Waals surface area contributed by atoms with Crippen LogP contribution in [0.3, 0.4) is 0 Å². The molecule has 1 atom stereocenters. The number of nitrogens with one attached hydrogen (secondary N) is 2. The highest BCUT2D eigenvalue weighted by Crippen LogP contribution is 2.35. The molecule has 2 N–H and O–H groups in total. The van der Waals surface area contributed by atoms with Gasteiger partial charge < -0.3 is 15.4 Å². The number of aryl methyl sites for hydroxylation is 1. The first kappa shape index (κ1) is 19.6. The van der Waals surface area contributed by atoms with Crippen molar-refractivity contribution in [1.82, 2.24) is 15.3 Å². The van der Waals surface area contributed by atoms with Crippen molar-refractivity contribution in [2.75, 3.05) is 12.4 Å². The van der Waals surface area contributed by atoms with Crippen LogP contribution in [0.15, 0.2) is 24.3 Å². The van der Waals surface area contributed by atoms with Gasteiger partial charge in [0.15, 0.2) is 0 Å². The van der Waals surface area contributed by atoms with E-state index in [1.807, 2.05) is 0 Å². The van der Waals surface area contributed by atoms with E-state index in [9.17, 15) is 22.8 Å². The van der Waals surface area contributed by atoms with Gasteiger partial charge in [-0.1, -0.05) is 0 Å². The van der Waals surface area contributed by atoms with E-state index in [1.54, 1.807) is 18.2 Å². The molecule has 1 aliphatic heterocycles. The van der Waals surface area contributed by atoms with Crippen LogP contribution in [-0.2, 0) is 22.3 Å². The van der Waals surface area contributed by atoms with Crippen molar-refractivity contribution in [2.24, 2.45) is 0 Å². The van der Waals surface area contributed by atoms with Gasteiger partial charge in [0.2, 0.25) is 11.8 Å². The maximum absolute atomic E-state index is 12.9. The zero-order valence-corrected chi connectivity index (χ0v) is 15.1. The number of benzene rings is 1. The molecule has 2 heterocycles. The fourth-order valence-corrected chi connectivity index (χ4v) is 2.94. The Hall–Kier alpha value is -3.17. The Morgan fingerprint density at radius 3 is 2.75 bits per heavy atom. The predicted octanol–water partition coefficient (Wildman–Crippen LogP) is 2.55. The molecular formula is C18H17F3N4O3. The Morgan fingerprint density at radius 1 is 1.32 bits per heavy atom. The quantitative estimate of drug-likeness (QED) is 0.831. The summed E-state index contributed by atoms with van der Waals surface area (Å²) < 4.78 is 43.8. The lowest BCUT2D eigenvalue weighted by Crippen LogP contribution is -2.35. The van der Waals surface area contributed by atoms with Crippen LogP contribution in [0.1, 0.15) is 35.1 Å². The maximum Gasteiger partial charge on any atom is 0.433 e. The van der Waals surface area contributed by atoms with Gasteiger partial charge in [-0.15, -0.1) is 0 Å². The van der Waals surface area contributed by atoms with Crippen molar-refractivity contribution < 1.29 is 27.5 Å². The molecule has 2 aromatic rings. The second-order valence-corrected chi connectivity index (χ2v) is 6.28. The minimum atomic E-state index is -4.61. The van der Waals surface area contributed by atoms with Crippen LogP contribution >= 0.6 is 0 Å². The van der Waals surface area contributed by atoms with Gasteiger partial charge in [0.05, 0.1) is 19.6 Å². The lowest BCUT2D eigenvalue weighted by Gasteiger charge is -2.25. The van der Waals surface area contributed by atoms with E-state index < -0.39 is 23.7 Å². The molecular weight excluding hydrogens is 377 g/mol. The third-order valence-electron chi connectivity index (χ3n) is 4.23. The van der Waals surface area contributed by atoms with Gasteiger partial charge in [0.25, 0.3) is 0 Å². The van der Waals surface area contributed by atoms with E-state index in [2.05, 4.69) is 20.6 Å². The van der Waals surface area contributed by atoms with Gasteiger partial charge >= 0.3 is 6.18 Å². The van der Waals surface area contributed by atoms with Crippen LogP contribution in [0.25, 0.3) is 0 Å². The van der Waals surface area contributed by atoms with Crippen molar-refractivity contribution in [3.05, 3.63) is 47.0 Å². The Bertz CT molecular complexity index is 931. The van der Waals surface area contributed by atoms with Crippen LogP contribution in [0.5, 0.6) is 5.75 Å². The number of fused-ring (bicyclic) bond motifs is 1. The van der Waals surface area contributed by atoms with Crippen LogP contribution in [0.2, 0.25) is 0 Å². The van der Waals surface area contributed by atoms with Crippen molar-refractivity contribution in [3.8, 4) is 5.75 Å². The third kappa shape index (κ3) is 4.21. The molecule has 0 saturated carbocycles. The van der Waals surface area contributed by atoms with Crippen LogP contribution < -0.4 is 15.4 Å². The average molecular weight is 394 g/mol. The maximum atomic E-state index is 12.9. The summed E-state index contributed by atoms with van der Waals surface area (Å²) in [5, 5.41) is 5.20. The Morgan fingerprint density at radius 2 is 2.07 bits per heavy atom. The number of nitrogens with zero attached hydrogens (tertiary/aromatic N) is 2. The highest BCUT2D eigenvalue weighted by atomic mass is 19.4. The van der Waals surface area contributed by atoms with Crippen molar-refractivity contribution in [3.63, 3.8) is 0 Å². The molecule has 1 aliphatic rings. The summed E-state index contributed by atoms with van der Waals surface area (Å²) in [6.45, 7) is 1.12. The number of alkyl halides is 3.